The van der Waals surface area contributed by atoms with E-state index in [9.17, 15) is 13.2 Å². The van der Waals surface area contributed by atoms with Crippen LogP contribution in [0.15, 0.2) is 65.6 Å². The highest BCUT2D eigenvalue weighted by molar-refractivity contribution is 7.92. The predicted molar refractivity (Wildman–Crippen MR) is 138 cm³/mol. The van der Waals surface area contributed by atoms with Crippen molar-refractivity contribution in [2.45, 2.75) is 18.7 Å². The zero-order chi connectivity index (χ0) is 24.2. The molecule has 0 aromatic heterocycles. The van der Waals surface area contributed by atoms with Gasteiger partial charge in [0.05, 0.1) is 23.3 Å². The minimum absolute atomic E-state index is 0.0765. The fraction of sp³-hybridized carbons (Fsp3) is 0.130. The van der Waals surface area contributed by atoms with E-state index in [1.165, 1.54) is 19.2 Å². The maximum atomic E-state index is 12.7. The number of methoxy groups -OCH3 is 1. The van der Waals surface area contributed by atoms with Gasteiger partial charge in [-0.15, -0.1) is 0 Å². The molecule has 3 rings (SSSR count). The summed E-state index contributed by atoms with van der Waals surface area (Å²) in [4.78, 5) is 12.7. The van der Waals surface area contributed by atoms with Crippen LogP contribution in [-0.2, 0) is 10.0 Å². The molecule has 0 saturated heterocycles. The predicted octanol–water partition coefficient (Wildman–Crippen LogP) is 2.50. The van der Waals surface area contributed by atoms with Crippen LogP contribution < -0.4 is 25.6 Å². The molecule has 3 aromatic carbocycles. The number of sulfonamides is 1. The van der Waals surface area contributed by atoms with E-state index in [1.807, 2.05) is 39.9 Å². The highest BCUT2D eigenvalue weighted by Crippen LogP contribution is 2.22. The normalized spacial score (nSPS) is 10.9. The Morgan fingerprint density at radius 1 is 1.00 bits per heavy atom. The van der Waals surface area contributed by atoms with Crippen molar-refractivity contribution in [2.24, 2.45) is 0 Å². The number of nitrogens with one attached hydrogen (secondary N) is 3. The lowest BCUT2D eigenvalue weighted by Crippen LogP contribution is -2.34. The first-order chi connectivity index (χ1) is 15.6. The first kappa shape index (κ1) is 24.3. The van der Waals surface area contributed by atoms with Gasteiger partial charge in [-0.25, -0.2) is 8.42 Å². The third-order valence-electron chi connectivity index (χ3n) is 4.88. The Bertz CT molecular complexity index is 1310. The number of thiocarbonyl (C=S) groups is 1. The Morgan fingerprint density at radius 2 is 1.70 bits per heavy atom. The van der Waals surface area contributed by atoms with Crippen molar-refractivity contribution in [2.75, 3.05) is 17.1 Å². The number of amides is 1. The third-order valence-corrected chi connectivity index (χ3v) is 6.46. The minimum Gasteiger partial charge on any atom is -0.496 e. The Kier molecular flexibility index (Phi) is 7.40. The second-order valence-electron chi connectivity index (χ2n) is 7.56. The number of benzene rings is 3. The van der Waals surface area contributed by atoms with E-state index < -0.39 is 15.9 Å². The Morgan fingerprint density at radius 3 is 2.33 bits per heavy atom. The van der Waals surface area contributed by atoms with Gasteiger partial charge in [-0.05, 0) is 68.0 Å². The molecule has 0 aliphatic carbocycles. The molecule has 1 amide bonds. The highest BCUT2D eigenvalue weighted by Gasteiger charge is 2.16. The van der Waals surface area contributed by atoms with Gasteiger partial charge in [-0.3, -0.25) is 14.8 Å². The van der Waals surface area contributed by atoms with Gasteiger partial charge in [0, 0.05) is 5.69 Å². The van der Waals surface area contributed by atoms with Gasteiger partial charge < -0.3 is 10.1 Å². The molecule has 7 nitrogen and oxygen atoms in total. The van der Waals surface area contributed by atoms with E-state index in [2.05, 4.69) is 15.4 Å². The summed E-state index contributed by atoms with van der Waals surface area (Å²) in [6.07, 6.45) is 0. The SMILES string of the molecule is Bc1ccc(OC)c(C(=O)NC(=S)Nc2ccc(S(=O)(=O)Nc3ccc(C)cc3C)cc2)c1. The van der Waals surface area contributed by atoms with Gasteiger partial charge in [0.25, 0.3) is 15.9 Å². The summed E-state index contributed by atoms with van der Waals surface area (Å²) < 4.78 is 33.3. The molecule has 0 spiro atoms. The van der Waals surface area contributed by atoms with Crippen LogP contribution in [0.2, 0.25) is 0 Å². The average molecular weight is 481 g/mol. The van der Waals surface area contributed by atoms with Crippen molar-refractivity contribution >= 4 is 57.9 Å². The van der Waals surface area contributed by atoms with E-state index in [0.29, 0.717) is 22.7 Å². The Hall–Kier alpha value is -3.37. The van der Waals surface area contributed by atoms with Crippen molar-refractivity contribution in [1.82, 2.24) is 5.32 Å². The number of aryl methyl sites for hydroxylation is 2. The summed E-state index contributed by atoms with van der Waals surface area (Å²) in [5, 5.41) is 5.56. The van der Waals surface area contributed by atoms with Gasteiger partial charge in [-0.1, -0.05) is 35.3 Å². The number of hydrogen-bond donors (Lipinski definition) is 3. The van der Waals surface area contributed by atoms with E-state index >= 15 is 0 Å². The largest absolute Gasteiger partial charge is 0.496 e. The minimum atomic E-state index is -3.75. The molecule has 33 heavy (non-hydrogen) atoms. The highest BCUT2D eigenvalue weighted by atomic mass is 32.2. The summed E-state index contributed by atoms with van der Waals surface area (Å²) in [6, 6.07) is 16.8. The van der Waals surface area contributed by atoms with Crippen molar-refractivity contribution in [3.05, 3.63) is 77.4 Å². The average Bonchev–Trinajstić information content (AvgIpc) is 2.76. The first-order valence-corrected chi connectivity index (χ1v) is 12.0. The molecule has 170 valence electrons. The van der Waals surface area contributed by atoms with E-state index in [4.69, 9.17) is 17.0 Å². The molecular weight excluding hydrogens is 457 g/mol. The zero-order valence-corrected chi connectivity index (χ0v) is 20.4. The van der Waals surface area contributed by atoms with Gasteiger partial charge in [-0.2, -0.15) is 0 Å². The second-order valence-corrected chi connectivity index (χ2v) is 9.65. The molecule has 0 radical (unpaired) electrons. The molecule has 0 bridgehead atoms. The van der Waals surface area contributed by atoms with Gasteiger partial charge in [0.15, 0.2) is 5.11 Å². The first-order valence-electron chi connectivity index (χ1n) is 10.1. The quantitative estimate of drug-likeness (QED) is 0.370. The maximum Gasteiger partial charge on any atom is 0.261 e. The van der Waals surface area contributed by atoms with Crippen LogP contribution >= 0.6 is 12.2 Å². The molecule has 0 fully saturated rings. The molecule has 0 atom stereocenters. The Labute approximate surface area is 200 Å². The van der Waals surface area contributed by atoms with E-state index in [0.717, 1.165) is 16.6 Å². The van der Waals surface area contributed by atoms with Crippen LogP contribution in [0.25, 0.3) is 0 Å². The van der Waals surface area contributed by atoms with Gasteiger partial charge in [0.1, 0.15) is 13.6 Å². The van der Waals surface area contributed by atoms with Crippen molar-refractivity contribution in [3.63, 3.8) is 0 Å². The topological polar surface area (TPSA) is 96.5 Å². The molecule has 10 heteroatoms. The van der Waals surface area contributed by atoms with Crippen LogP contribution in [0, 0.1) is 13.8 Å². The van der Waals surface area contributed by atoms with Crippen LogP contribution in [0.5, 0.6) is 5.75 Å². The van der Waals surface area contributed by atoms with Gasteiger partial charge >= 0.3 is 0 Å². The lowest BCUT2D eigenvalue weighted by Gasteiger charge is -2.13. The zero-order valence-electron chi connectivity index (χ0n) is 18.7. The molecular formula is C23H24BN3O4S2. The lowest BCUT2D eigenvalue weighted by molar-refractivity contribution is 0.0975. The third kappa shape index (κ3) is 6.12. The number of hydrogen-bond acceptors (Lipinski definition) is 5. The van der Waals surface area contributed by atoms with Gasteiger partial charge in [0.2, 0.25) is 0 Å². The molecule has 3 N–H and O–H groups in total. The lowest BCUT2D eigenvalue weighted by atomic mass is 9.94. The van der Waals surface area contributed by atoms with Crippen LogP contribution in [0.1, 0.15) is 21.5 Å². The molecule has 0 unspecified atom stereocenters. The molecule has 0 saturated carbocycles. The van der Waals surface area contributed by atoms with E-state index in [-0.39, 0.29) is 10.0 Å². The van der Waals surface area contributed by atoms with Crippen molar-refractivity contribution in [3.8, 4) is 5.75 Å². The number of anilines is 2. The fourth-order valence-electron chi connectivity index (χ4n) is 3.18. The van der Waals surface area contributed by atoms with E-state index in [1.54, 1.807) is 30.3 Å². The monoisotopic (exact) mass is 481 g/mol. The maximum absolute atomic E-state index is 12.7. The number of ether oxygens (including phenoxy) is 1. The second kappa shape index (κ2) is 10.1. The smallest absolute Gasteiger partial charge is 0.261 e. The molecule has 0 aliphatic heterocycles. The Balaban J connectivity index is 1.67. The van der Waals surface area contributed by atoms with Crippen LogP contribution in [0.4, 0.5) is 11.4 Å². The molecule has 3 aromatic rings. The van der Waals surface area contributed by atoms with Crippen LogP contribution in [-0.4, -0.2) is 34.4 Å². The number of carbonyl (C=O) groups is 1. The summed E-state index contributed by atoms with van der Waals surface area (Å²) in [5.74, 6) is 0.0247. The molecule has 0 aliphatic rings. The molecule has 0 heterocycles. The number of rotatable bonds is 6. The number of carbonyl (C=O) groups excluding carboxylic acids is 1. The van der Waals surface area contributed by atoms with Crippen molar-refractivity contribution < 1.29 is 17.9 Å². The summed E-state index contributed by atoms with van der Waals surface area (Å²) in [5.41, 5.74) is 4.21. The fourth-order valence-corrected chi connectivity index (χ4v) is 4.52. The standard InChI is InChI=1S/C23H24BN3O4S2/c1-14-4-10-20(15(2)12-14)27-33(29,30)18-8-6-17(7-9-18)25-23(32)26-22(28)19-13-16(24)5-11-21(19)31-3/h4-13,27H,24H2,1-3H3,(H2,25,26,28,32). The summed E-state index contributed by atoms with van der Waals surface area (Å²) in [7, 11) is -0.394. The van der Waals surface area contributed by atoms with Crippen molar-refractivity contribution in [1.29, 1.82) is 0 Å². The van der Waals surface area contributed by atoms with Crippen LogP contribution in [0.3, 0.4) is 0 Å². The summed E-state index contributed by atoms with van der Waals surface area (Å²) in [6.45, 7) is 3.79. The summed E-state index contributed by atoms with van der Waals surface area (Å²) >= 11 is 5.23.